The highest BCUT2D eigenvalue weighted by Crippen LogP contribution is 2.36. The molecular weight excluding hydrogens is 656 g/mol. The highest BCUT2D eigenvalue weighted by molar-refractivity contribution is 5.85. The molecule has 268 valence electrons. The number of rotatable bonds is 10. The van der Waals surface area contributed by atoms with E-state index >= 15 is 0 Å². The fraction of sp³-hybridized carbons (Fsp3) is 0.325. The second-order valence-electron chi connectivity index (χ2n) is 13.8. The molecule has 5 aromatic rings. The number of likely N-dealkylation sites (N-methyl/N-ethyl adjacent to an activating group) is 1. The van der Waals surface area contributed by atoms with E-state index in [1.807, 2.05) is 72.6 Å². The Morgan fingerprint density at radius 3 is 1.65 bits per heavy atom. The van der Waals surface area contributed by atoms with E-state index in [9.17, 15) is 14.4 Å². The minimum absolute atomic E-state index is 0.0920. The third-order valence-corrected chi connectivity index (χ3v) is 10.2. The number of nitrogens with zero attached hydrogens (tertiary/aromatic N) is 5. The Hall–Kier alpha value is -5.75. The smallest absolute Gasteiger partial charge is 0.405 e. The van der Waals surface area contributed by atoms with Crippen LogP contribution >= 0.6 is 0 Å². The minimum Gasteiger partial charge on any atom is -0.465 e. The van der Waals surface area contributed by atoms with Crippen molar-refractivity contribution in [2.75, 3.05) is 27.2 Å². The van der Waals surface area contributed by atoms with Gasteiger partial charge in [-0.15, -0.1) is 0 Å². The summed E-state index contributed by atoms with van der Waals surface area (Å²) in [4.78, 5) is 59.8. The molecule has 12 nitrogen and oxygen atoms in total. The van der Waals surface area contributed by atoms with Crippen LogP contribution in [-0.2, 0) is 9.59 Å². The van der Waals surface area contributed by atoms with Crippen LogP contribution in [0.4, 0.5) is 4.79 Å². The van der Waals surface area contributed by atoms with Crippen molar-refractivity contribution in [3.05, 3.63) is 108 Å². The number of hydrogen-bond donors (Lipinski definition) is 4. The number of imidazole rings is 2. The van der Waals surface area contributed by atoms with Crippen molar-refractivity contribution in [2.24, 2.45) is 0 Å². The van der Waals surface area contributed by atoms with Crippen LogP contribution in [0.3, 0.4) is 0 Å². The molecular formula is C40H44N8O4. The number of aromatic amines is 2. The lowest BCUT2D eigenvalue weighted by atomic mass is 10.0. The zero-order valence-electron chi connectivity index (χ0n) is 29.6. The Balaban J connectivity index is 1.01. The molecule has 2 saturated heterocycles. The first-order valence-corrected chi connectivity index (χ1v) is 17.8. The molecule has 0 aliphatic carbocycles. The number of aromatic nitrogens is 4. The number of carboxylic acid groups (broad SMARTS) is 1. The Morgan fingerprint density at radius 1 is 0.731 bits per heavy atom. The molecule has 2 aromatic heterocycles. The van der Waals surface area contributed by atoms with Crippen LogP contribution in [0.5, 0.6) is 0 Å². The highest BCUT2D eigenvalue weighted by atomic mass is 16.4. The summed E-state index contributed by atoms with van der Waals surface area (Å²) in [6, 6.07) is 25.0. The van der Waals surface area contributed by atoms with E-state index in [0.29, 0.717) is 18.9 Å². The summed E-state index contributed by atoms with van der Waals surface area (Å²) in [6.45, 7) is 2.83. The fourth-order valence-electron chi connectivity index (χ4n) is 7.57. The first-order chi connectivity index (χ1) is 25.2. The van der Waals surface area contributed by atoms with Crippen LogP contribution in [-0.4, -0.2) is 90.9 Å². The van der Waals surface area contributed by atoms with E-state index < -0.39 is 12.1 Å². The number of benzene rings is 3. The molecule has 2 fully saturated rings. The van der Waals surface area contributed by atoms with Gasteiger partial charge in [0.2, 0.25) is 11.8 Å². The summed E-state index contributed by atoms with van der Waals surface area (Å²) in [5.41, 5.74) is 6.88. The largest absolute Gasteiger partial charge is 0.465 e. The molecule has 2 aliphatic rings. The molecule has 2 aliphatic heterocycles. The van der Waals surface area contributed by atoms with Crippen LogP contribution in [0.1, 0.15) is 67.9 Å². The second kappa shape index (κ2) is 14.8. The van der Waals surface area contributed by atoms with Crippen LogP contribution in [0, 0.1) is 0 Å². The van der Waals surface area contributed by atoms with Gasteiger partial charge in [-0.25, -0.2) is 14.8 Å². The second-order valence-corrected chi connectivity index (χ2v) is 13.8. The maximum atomic E-state index is 13.9. The van der Waals surface area contributed by atoms with Gasteiger partial charge in [0.05, 0.1) is 35.9 Å². The van der Waals surface area contributed by atoms with Gasteiger partial charge in [-0.05, 0) is 74.5 Å². The van der Waals surface area contributed by atoms with Crippen LogP contribution in [0.15, 0.2) is 91.3 Å². The molecule has 0 radical (unpaired) electrons. The Kier molecular flexibility index (Phi) is 9.90. The highest BCUT2D eigenvalue weighted by Gasteiger charge is 2.37. The first-order valence-electron chi connectivity index (χ1n) is 17.8. The van der Waals surface area contributed by atoms with Gasteiger partial charge in [0.25, 0.3) is 0 Å². The van der Waals surface area contributed by atoms with Gasteiger partial charge in [0, 0.05) is 13.1 Å². The lowest BCUT2D eigenvalue weighted by Crippen LogP contribution is -2.46. The van der Waals surface area contributed by atoms with Crippen molar-refractivity contribution >= 4 is 17.9 Å². The molecule has 4 atom stereocenters. The third kappa shape index (κ3) is 7.06. The lowest BCUT2D eigenvalue weighted by Gasteiger charge is -2.31. The van der Waals surface area contributed by atoms with Crippen molar-refractivity contribution in [2.45, 2.75) is 56.8 Å². The Bertz CT molecular complexity index is 2020. The van der Waals surface area contributed by atoms with Gasteiger partial charge in [-0.3, -0.25) is 14.5 Å². The Labute approximate surface area is 302 Å². The van der Waals surface area contributed by atoms with E-state index in [0.717, 1.165) is 70.7 Å². The summed E-state index contributed by atoms with van der Waals surface area (Å²) < 4.78 is 0. The number of hydrogen-bond acceptors (Lipinski definition) is 6. The lowest BCUT2D eigenvalue weighted by molar-refractivity contribution is -0.137. The molecule has 12 heteroatoms. The van der Waals surface area contributed by atoms with Crippen LogP contribution < -0.4 is 5.32 Å². The topological polar surface area (TPSA) is 151 Å². The van der Waals surface area contributed by atoms with Crippen molar-refractivity contribution in [1.29, 1.82) is 0 Å². The number of likely N-dealkylation sites (tertiary alicyclic amines) is 2. The van der Waals surface area contributed by atoms with Crippen molar-refractivity contribution in [3.63, 3.8) is 0 Å². The molecule has 3 aromatic carbocycles. The SMILES string of the molecule is C[C@H](NC(=O)O)C(=O)N1CCC[C@H]1c1ncc(-c2ccc(-c3ccc(-c4cnc([C@@H]5CCCN5C(=O)[C@@H](c5ccccc5)N(C)C)[nH]4)cc3)cc2)[nH]1. The summed E-state index contributed by atoms with van der Waals surface area (Å²) in [7, 11) is 3.89. The van der Waals surface area contributed by atoms with Crippen molar-refractivity contribution in [1.82, 2.24) is 40.0 Å². The van der Waals surface area contributed by atoms with Crippen LogP contribution in [0.25, 0.3) is 33.6 Å². The summed E-state index contributed by atoms with van der Waals surface area (Å²) in [5.74, 6) is 1.34. The number of carbonyl (C=O) groups excluding carboxylic acids is 2. The molecule has 3 amide bonds. The molecule has 4 heterocycles. The predicted molar refractivity (Wildman–Crippen MR) is 198 cm³/mol. The molecule has 0 saturated carbocycles. The molecule has 4 N–H and O–H groups in total. The predicted octanol–water partition coefficient (Wildman–Crippen LogP) is 6.42. The zero-order valence-corrected chi connectivity index (χ0v) is 29.6. The minimum atomic E-state index is -1.22. The number of carbonyl (C=O) groups is 3. The van der Waals surface area contributed by atoms with Gasteiger partial charge in [0.1, 0.15) is 23.7 Å². The van der Waals surface area contributed by atoms with E-state index in [1.54, 1.807) is 18.0 Å². The standard InChI is InChI=1S/C40H44N8O4/c1-25(43-40(51)52)38(49)47-21-7-11-33(47)36-41-23-31(44-36)28-17-13-26(14-18-28)27-15-19-29(20-16-27)32-24-42-37(45-32)34-12-8-22-48(34)39(50)35(46(2)3)30-9-5-4-6-10-30/h4-6,9-10,13-20,23-25,33-35,43H,7-8,11-12,21-22H2,1-3H3,(H,41,44)(H,42,45)(H,51,52)/t25-,33-,34-,35+/m0/s1. The van der Waals surface area contributed by atoms with E-state index in [4.69, 9.17) is 10.1 Å². The number of amides is 3. The van der Waals surface area contributed by atoms with Crippen LogP contribution in [0.2, 0.25) is 0 Å². The molecule has 7 rings (SSSR count). The van der Waals surface area contributed by atoms with Gasteiger partial charge in [-0.2, -0.15) is 0 Å². The average molecular weight is 701 g/mol. The third-order valence-electron chi connectivity index (χ3n) is 10.2. The molecule has 52 heavy (non-hydrogen) atoms. The maximum absolute atomic E-state index is 13.9. The quantitative estimate of drug-likeness (QED) is 0.131. The zero-order chi connectivity index (χ0) is 36.4. The summed E-state index contributed by atoms with van der Waals surface area (Å²) in [6.07, 6.45) is 5.81. The molecule has 0 unspecified atom stereocenters. The van der Waals surface area contributed by atoms with Gasteiger partial charge >= 0.3 is 6.09 Å². The van der Waals surface area contributed by atoms with E-state index in [2.05, 4.69) is 56.7 Å². The van der Waals surface area contributed by atoms with Crippen molar-refractivity contribution < 1.29 is 19.5 Å². The monoisotopic (exact) mass is 700 g/mol. The summed E-state index contributed by atoms with van der Waals surface area (Å²) in [5, 5.41) is 11.3. The normalized spacial score (nSPS) is 18.5. The van der Waals surface area contributed by atoms with Gasteiger partial charge in [-0.1, -0.05) is 78.9 Å². The number of nitrogens with one attached hydrogen (secondary N) is 3. The fourth-order valence-corrected chi connectivity index (χ4v) is 7.57. The van der Waals surface area contributed by atoms with Gasteiger partial charge < -0.3 is 30.2 Å². The van der Waals surface area contributed by atoms with E-state index in [-0.39, 0.29) is 29.9 Å². The van der Waals surface area contributed by atoms with E-state index in [1.165, 1.54) is 0 Å². The number of H-pyrrole nitrogens is 2. The Morgan fingerprint density at radius 2 is 1.19 bits per heavy atom. The average Bonchev–Trinajstić information content (AvgIpc) is 3.98. The maximum Gasteiger partial charge on any atom is 0.405 e. The molecule has 0 spiro atoms. The van der Waals surface area contributed by atoms with Crippen molar-refractivity contribution in [3.8, 4) is 33.6 Å². The summed E-state index contributed by atoms with van der Waals surface area (Å²) >= 11 is 0. The molecule has 0 bridgehead atoms. The van der Waals surface area contributed by atoms with Gasteiger partial charge in [0.15, 0.2) is 0 Å². The first kappa shape index (κ1) is 34.7.